The van der Waals surface area contributed by atoms with Crippen molar-refractivity contribution in [2.75, 3.05) is 23.9 Å². The fraction of sp³-hybridized carbons (Fsp3) is 0.636. The van der Waals surface area contributed by atoms with Crippen LogP contribution < -0.4 is 5.32 Å². The van der Waals surface area contributed by atoms with Crippen LogP contribution in [0.1, 0.15) is 25.7 Å². The van der Waals surface area contributed by atoms with Gasteiger partial charge < -0.3 is 5.32 Å². The first-order valence-electron chi connectivity index (χ1n) is 5.53. The molecule has 1 aromatic rings. The summed E-state index contributed by atoms with van der Waals surface area (Å²) < 4.78 is 12.7. The van der Waals surface area contributed by atoms with Gasteiger partial charge in [-0.05, 0) is 24.9 Å². The second-order valence-corrected chi connectivity index (χ2v) is 4.55. The van der Waals surface area contributed by atoms with Gasteiger partial charge >= 0.3 is 0 Å². The van der Waals surface area contributed by atoms with E-state index in [4.69, 9.17) is 0 Å². The van der Waals surface area contributed by atoms with Crippen LogP contribution in [0.5, 0.6) is 0 Å². The zero-order chi connectivity index (χ0) is 11.6. The van der Waals surface area contributed by atoms with E-state index in [2.05, 4.69) is 21.5 Å². The van der Waals surface area contributed by atoms with Crippen LogP contribution in [0.25, 0.3) is 0 Å². The van der Waals surface area contributed by atoms with Gasteiger partial charge in [0, 0.05) is 12.6 Å². The number of nitrogens with zero attached hydrogens (tertiary/aromatic N) is 2. The molecular weight excluding hydrogens is 225 g/mol. The lowest BCUT2D eigenvalue weighted by Gasteiger charge is -2.04. The lowest BCUT2D eigenvalue weighted by Crippen LogP contribution is -2.04. The van der Waals surface area contributed by atoms with Crippen molar-refractivity contribution >= 4 is 17.6 Å². The van der Waals surface area contributed by atoms with E-state index in [9.17, 15) is 4.39 Å². The summed E-state index contributed by atoms with van der Waals surface area (Å²) in [4.78, 5) is 7.32. The molecule has 0 aliphatic heterocycles. The standard InChI is InChI=1S/C11H18FN3S/c1-16-7-5-3-2-4-6-13-11-8-10(12)14-9-15-11/h8-9H,2-7H2,1H3,(H,13,14,15). The molecule has 1 N–H and O–H groups in total. The second kappa shape index (κ2) is 8.33. The highest BCUT2D eigenvalue weighted by Crippen LogP contribution is 2.06. The molecule has 0 aromatic carbocycles. The minimum Gasteiger partial charge on any atom is -0.370 e. The first-order chi connectivity index (χ1) is 7.83. The van der Waals surface area contributed by atoms with Crippen LogP contribution in [0.4, 0.5) is 10.2 Å². The summed E-state index contributed by atoms with van der Waals surface area (Å²) in [5, 5.41) is 3.08. The number of aromatic nitrogens is 2. The highest BCUT2D eigenvalue weighted by atomic mass is 32.2. The molecule has 0 unspecified atom stereocenters. The highest BCUT2D eigenvalue weighted by molar-refractivity contribution is 7.98. The van der Waals surface area contributed by atoms with Crippen LogP contribution >= 0.6 is 11.8 Å². The Morgan fingerprint density at radius 1 is 1.25 bits per heavy atom. The first kappa shape index (κ1) is 13.2. The van der Waals surface area contributed by atoms with Crippen LogP contribution in [0.15, 0.2) is 12.4 Å². The molecule has 1 rings (SSSR count). The van der Waals surface area contributed by atoms with E-state index in [1.54, 1.807) is 0 Å². The van der Waals surface area contributed by atoms with E-state index in [0.717, 1.165) is 13.0 Å². The van der Waals surface area contributed by atoms with Gasteiger partial charge in [-0.1, -0.05) is 12.8 Å². The van der Waals surface area contributed by atoms with Crippen molar-refractivity contribution in [3.8, 4) is 0 Å². The van der Waals surface area contributed by atoms with Crippen molar-refractivity contribution in [2.45, 2.75) is 25.7 Å². The van der Waals surface area contributed by atoms with Gasteiger partial charge in [0.15, 0.2) is 0 Å². The smallest absolute Gasteiger partial charge is 0.217 e. The van der Waals surface area contributed by atoms with Gasteiger partial charge in [0.05, 0.1) is 0 Å². The van der Waals surface area contributed by atoms with Gasteiger partial charge in [-0.2, -0.15) is 16.2 Å². The maximum Gasteiger partial charge on any atom is 0.217 e. The Bertz CT molecular complexity index is 296. The summed E-state index contributed by atoms with van der Waals surface area (Å²) in [5.74, 6) is 1.32. The van der Waals surface area contributed by atoms with E-state index in [0.29, 0.717) is 5.82 Å². The molecule has 0 atom stereocenters. The molecule has 16 heavy (non-hydrogen) atoms. The quantitative estimate of drug-likeness (QED) is 0.562. The second-order valence-electron chi connectivity index (χ2n) is 3.56. The van der Waals surface area contributed by atoms with Crippen molar-refractivity contribution in [1.82, 2.24) is 9.97 Å². The third-order valence-electron chi connectivity index (χ3n) is 2.22. The van der Waals surface area contributed by atoms with E-state index in [1.165, 1.54) is 37.4 Å². The van der Waals surface area contributed by atoms with Crippen molar-refractivity contribution in [1.29, 1.82) is 0 Å². The van der Waals surface area contributed by atoms with Gasteiger partial charge in [0.1, 0.15) is 12.1 Å². The maximum absolute atomic E-state index is 12.7. The molecule has 0 bridgehead atoms. The summed E-state index contributed by atoms with van der Waals surface area (Å²) in [7, 11) is 0. The number of thioether (sulfide) groups is 1. The molecule has 0 spiro atoms. The fourth-order valence-corrected chi connectivity index (χ4v) is 1.86. The number of hydrogen-bond acceptors (Lipinski definition) is 4. The number of hydrogen-bond donors (Lipinski definition) is 1. The van der Waals surface area contributed by atoms with Crippen molar-refractivity contribution in [3.05, 3.63) is 18.3 Å². The molecular formula is C11H18FN3S. The molecule has 0 fully saturated rings. The molecule has 0 aliphatic carbocycles. The maximum atomic E-state index is 12.7. The van der Waals surface area contributed by atoms with E-state index < -0.39 is 5.95 Å². The van der Waals surface area contributed by atoms with Gasteiger partial charge in [-0.3, -0.25) is 0 Å². The molecule has 1 heterocycles. The van der Waals surface area contributed by atoms with Gasteiger partial charge in [0.2, 0.25) is 5.95 Å². The molecule has 0 amide bonds. The Morgan fingerprint density at radius 3 is 2.81 bits per heavy atom. The zero-order valence-electron chi connectivity index (χ0n) is 9.58. The molecule has 0 saturated heterocycles. The topological polar surface area (TPSA) is 37.8 Å². The molecule has 0 saturated carbocycles. The SMILES string of the molecule is CSCCCCCCNc1cc(F)ncn1. The molecule has 1 aromatic heterocycles. The molecule has 0 aliphatic rings. The summed E-state index contributed by atoms with van der Waals surface area (Å²) in [6.07, 6.45) is 8.21. The van der Waals surface area contributed by atoms with Crippen LogP contribution in [0.3, 0.4) is 0 Å². The third kappa shape index (κ3) is 5.90. The molecule has 90 valence electrons. The summed E-state index contributed by atoms with van der Waals surface area (Å²) in [6, 6.07) is 1.31. The average molecular weight is 243 g/mol. The fourth-order valence-electron chi connectivity index (χ4n) is 1.37. The summed E-state index contributed by atoms with van der Waals surface area (Å²) in [6.45, 7) is 0.843. The molecule has 5 heteroatoms. The zero-order valence-corrected chi connectivity index (χ0v) is 10.4. The van der Waals surface area contributed by atoms with Crippen molar-refractivity contribution < 1.29 is 4.39 Å². The minimum absolute atomic E-state index is 0.488. The Hall–Kier alpha value is -0.840. The lowest BCUT2D eigenvalue weighted by molar-refractivity contribution is 0.580. The number of rotatable bonds is 8. The average Bonchev–Trinajstić information content (AvgIpc) is 2.28. The Kier molecular flexibility index (Phi) is 6.88. The van der Waals surface area contributed by atoms with Crippen LogP contribution in [-0.4, -0.2) is 28.5 Å². The van der Waals surface area contributed by atoms with Crippen LogP contribution in [0.2, 0.25) is 0 Å². The largest absolute Gasteiger partial charge is 0.370 e. The predicted molar refractivity (Wildman–Crippen MR) is 67.3 cm³/mol. The Labute approximate surface area is 100 Å². The molecule has 0 radical (unpaired) electrons. The highest BCUT2D eigenvalue weighted by Gasteiger charge is 1.96. The normalized spacial score (nSPS) is 10.4. The van der Waals surface area contributed by atoms with E-state index in [-0.39, 0.29) is 0 Å². The number of halogens is 1. The van der Waals surface area contributed by atoms with E-state index >= 15 is 0 Å². The first-order valence-corrected chi connectivity index (χ1v) is 6.92. The van der Waals surface area contributed by atoms with Gasteiger partial charge in [0.25, 0.3) is 0 Å². The van der Waals surface area contributed by atoms with Crippen LogP contribution in [0, 0.1) is 5.95 Å². The lowest BCUT2D eigenvalue weighted by atomic mass is 10.2. The minimum atomic E-state index is -0.488. The Morgan fingerprint density at radius 2 is 2.06 bits per heavy atom. The van der Waals surface area contributed by atoms with Gasteiger partial charge in [-0.25, -0.2) is 9.97 Å². The van der Waals surface area contributed by atoms with Crippen LogP contribution in [-0.2, 0) is 0 Å². The van der Waals surface area contributed by atoms with Crippen molar-refractivity contribution in [3.63, 3.8) is 0 Å². The number of nitrogens with one attached hydrogen (secondary N) is 1. The van der Waals surface area contributed by atoms with E-state index in [1.807, 2.05) is 11.8 Å². The molecule has 3 nitrogen and oxygen atoms in total. The third-order valence-corrected chi connectivity index (χ3v) is 2.91. The number of unbranched alkanes of at least 4 members (excludes halogenated alkanes) is 3. The van der Waals surface area contributed by atoms with Crippen molar-refractivity contribution in [2.24, 2.45) is 0 Å². The number of anilines is 1. The summed E-state index contributed by atoms with van der Waals surface area (Å²) in [5.41, 5.74) is 0. The Balaban J connectivity index is 2.03. The van der Waals surface area contributed by atoms with Gasteiger partial charge in [-0.15, -0.1) is 0 Å². The predicted octanol–water partition coefficient (Wildman–Crippen LogP) is 2.95. The monoisotopic (exact) mass is 243 g/mol. The summed E-state index contributed by atoms with van der Waals surface area (Å²) >= 11 is 1.89.